The van der Waals surface area contributed by atoms with Crippen molar-refractivity contribution in [3.63, 3.8) is 0 Å². The molecule has 1 atom stereocenters. The third-order valence-electron chi connectivity index (χ3n) is 5.61. The maximum atomic E-state index is 11.4. The molecule has 0 spiro atoms. The number of ether oxygens (including phenoxy) is 1. The molecular weight excluding hydrogens is 340 g/mol. The van der Waals surface area contributed by atoms with Crippen molar-refractivity contribution in [2.45, 2.75) is 24.7 Å². The van der Waals surface area contributed by atoms with E-state index in [0.29, 0.717) is 19.3 Å². The highest BCUT2D eigenvalue weighted by Gasteiger charge is 2.43. The summed E-state index contributed by atoms with van der Waals surface area (Å²) < 4.78 is 5.02. The minimum absolute atomic E-state index is 0.0572. The minimum Gasteiger partial charge on any atom is -0.481 e. The van der Waals surface area contributed by atoms with Gasteiger partial charge >= 0.3 is 5.97 Å². The van der Waals surface area contributed by atoms with Crippen molar-refractivity contribution in [1.82, 2.24) is 0 Å². The molecule has 0 amide bonds. The number of benzene rings is 3. The predicted molar refractivity (Wildman–Crippen MR) is 104 cm³/mol. The third-order valence-corrected chi connectivity index (χ3v) is 5.61. The predicted octanol–water partition coefficient (Wildman–Crippen LogP) is 4.53. The molecule has 0 saturated heterocycles. The summed E-state index contributed by atoms with van der Waals surface area (Å²) in [5, 5.41) is 11.6. The molecule has 1 unspecified atom stereocenters. The van der Waals surface area contributed by atoms with Crippen LogP contribution in [0.3, 0.4) is 0 Å². The molecule has 0 saturated carbocycles. The van der Waals surface area contributed by atoms with E-state index in [0.717, 1.165) is 33.0 Å². The van der Waals surface area contributed by atoms with Gasteiger partial charge in [-0.1, -0.05) is 48.5 Å². The van der Waals surface area contributed by atoms with Crippen LogP contribution in [0.15, 0.2) is 60.7 Å². The van der Waals surface area contributed by atoms with Crippen LogP contribution in [0.4, 0.5) is 0 Å². The lowest BCUT2D eigenvalue weighted by Gasteiger charge is -2.31. The fourth-order valence-corrected chi connectivity index (χ4v) is 4.40. The van der Waals surface area contributed by atoms with Crippen molar-refractivity contribution in [3.8, 4) is 11.1 Å². The lowest BCUT2D eigenvalue weighted by molar-refractivity contribution is -0.137. The molecule has 0 aliphatic heterocycles. The fourth-order valence-electron chi connectivity index (χ4n) is 4.40. The van der Waals surface area contributed by atoms with Gasteiger partial charge in [0.15, 0.2) is 0 Å². The van der Waals surface area contributed by atoms with Gasteiger partial charge < -0.3 is 9.84 Å². The Bertz CT molecular complexity index is 1020. The Morgan fingerprint density at radius 3 is 2.37 bits per heavy atom. The lowest BCUT2D eigenvalue weighted by Crippen LogP contribution is -2.28. The number of fused-ring (bicyclic) bond motifs is 4. The monoisotopic (exact) mass is 360 g/mol. The van der Waals surface area contributed by atoms with Crippen molar-refractivity contribution in [2.75, 3.05) is 6.61 Å². The summed E-state index contributed by atoms with van der Waals surface area (Å²) in [6.07, 6.45) is 1.08. The zero-order valence-corrected chi connectivity index (χ0v) is 14.9. The van der Waals surface area contributed by atoms with Gasteiger partial charge in [0.05, 0.1) is 6.61 Å². The number of carboxylic acids is 1. The Hall–Kier alpha value is -3.14. The highest BCUT2D eigenvalue weighted by atomic mass is 16.5. The molecule has 0 aromatic heterocycles. The van der Waals surface area contributed by atoms with Crippen LogP contribution < -0.4 is 0 Å². The second kappa shape index (κ2) is 6.88. The summed E-state index contributed by atoms with van der Waals surface area (Å²) in [7, 11) is 0. The minimum atomic E-state index is -0.822. The first kappa shape index (κ1) is 17.3. The molecule has 0 fully saturated rings. The van der Waals surface area contributed by atoms with E-state index in [1.54, 1.807) is 0 Å². The van der Waals surface area contributed by atoms with E-state index in [1.165, 1.54) is 0 Å². The van der Waals surface area contributed by atoms with Gasteiger partial charge in [-0.2, -0.15) is 0 Å². The first-order valence-corrected chi connectivity index (χ1v) is 9.06. The molecule has 0 radical (unpaired) electrons. The molecule has 4 nitrogen and oxygen atoms in total. The topological polar surface area (TPSA) is 63.6 Å². The Labute approximate surface area is 157 Å². The van der Waals surface area contributed by atoms with Gasteiger partial charge in [0.1, 0.15) is 0 Å². The Kier molecular flexibility index (Phi) is 4.40. The molecule has 0 heterocycles. The number of carboxylic acid groups (broad SMARTS) is 1. The van der Waals surface area contributed by atoms with Gasteiger partial charge in [0.2, 0.25) is 0 Å². The van der Waals surface area contributed by atoms with Crippen LogP contribution in [0.1, 0.15) is 30.4 Å². The maximum absolute atomic E-state index is 11.4. The van der Waals surface area contributed by atoms with Crippen molar-refractivity contribution in [1.29, 1.82) is 0 Å². The van der Waals surface area contributed by atoms with Gasteiger partial charge in [-0.3, -0.25) is 9.59 Å². The van der Waals surface area contributed by atoms with E-state index in [4.69, 9.17) is 4.74 Å². The Morgan fingerprint density at radius 1 is 0.926 bits per heavy atom. The van der Waals surface area contributed by atoms with Gasteiger partial charge in [-0.15, -0.1) is 0 Å². The SMILES string of the molecule is O=COCCC1(CCC(=O)O)c2ccccc2-c2cc3ccccc3cc21. The highest BCUT2D eigenvalue weighted by Crippen LogP contribution is 2.54. The molecule has 27 heavy (non-hydrogen) atoms. The van der Waals surface area contributed by atoms with Gasteiger partial charge in [0.25, 0.3) is 6.47 Å². The standard InChI is InChI=1S/C23H20O4/c24-15-27-12-11-23(10-9-22(25)26)20-8-4-3-7-18(20)19-13-16-5-1-2-6-17(16)14-21(19)23/h1-8,13-15H,9-12H2,(H,25,26). The normalized spacial score (nSPS) is 17.3. The van der Waals surface area contributed by atoms with Gasteiger partial charge in [-0.05, 0) is 58.0 Å². The van der Waals surface area contributed by atoms with Crippen LogP contribution in [0.5, 0.6) is 0 Å². The first-order chi connectivity index (χ1) is 13.2. The third kappa shape index (κ3) is 2.87. The van der Waals surface area contributed by atoms with E-state index >= 15 is 0 Å². The quantitative estimate of drug-likeness (QED) is 0.496. The van der Waals surface area contributed by atoms with E-state index in [1.807, 2.05) is 24.3 Å². The maximum Gasteiger partial charge on any atom is 0.303 e. The van der Waals surface area contributed by atoms with Crippen molar-refractivity contribution >= 4 is 23.2 Å². The summed E-state index contributed by atoms with van der Waals surface area (Å²) >= 11 is 0. The van der Waals surface area contributed by atoms with Crippen molar-refractivity contribution in [3.05, 3.63) is 71.8 Å². The van der Waals surface area contributed by atoms with Crippen LogP contribution in [0, 0.1) is 0 Å². The van der Waals surface area contributed by atoms with E-state index in [-0.39, 0.29) is 13.0 Å². The lowest BCUT2D eigenvalue weighted by atomic mass is 9.72. The molecule has 3 aromatic carbocycles. The van der Waals surface area contributed by atoms with Crippen molar-refractivity contribution < 1.29 is 19.4 Å². The van der Waals surface area contributed by atoms with Crippen LogP contribution in [-0.2, 0) is 19.7 Å². The smallest absolute Gasteiger partial charge is 0.303 e. The van der Waals surface area contributed by atoms with Crippen LogP contribution in [-0.4, -0.2) is 24.2 Å². The van der Waals surface area contributed by atoms with E-state index in [2.05, 4.69) is 36.4 Å². The second-order valence-electron chi connectivity index (χ2n) is 6.98. The largest absolute Gasteiger partial charge is 0.481 e. The first-order valence-electron chi connectivity index (χ1n) is 9.06. The summed E-state index contributed by atoms with van der Waals surface area (Å²) in [4.78, 5) is 22.1. The molecule has 1 aliphatic rings. The number of hydrogen-bond acceptors (Lipinski definition) is 3. The molecule has 1 aliphatic carbocycles. The van der Waals surface area contributed by atoms with Crippen LogP contribution in [0.25, 0.3) is 21.9 Å². The zero-order chi connectivity index (χ0) is 18.9. The summed E-state index contributed by atoms with van der Waals surface area (Å²) in [6.45, 7) is 0.705. The average molecular weight is 360 g/mol. The molecule has 4 heteroatoms. The zero-order valence-electron chi connectivity index (χ0n) is 14.9. The van der Waals surface area contributed by atoms with Crippen LogP contribution >= 0.6 is 0 Å². The molecule has 1 N–H and O–H groups in total. The number of carbonyl (C=O) groups is 2. The summed E-state index contributed by atoms with van der Waals surface area (Å²) in [5.74, 6) is -0.822. The molecule has 4 rings (SSSR count). The summed E-state index contributed by atoms with van der Waals surface area (Å²) in [5.41, 5.74) is 4.04. The van der Waals surface area contributed by atoms with Gasteiger partial charge in [0, 0.05) is 11.8 Å². The van der Waals surface area contributed by atoms with Crippen LogP contribution in [0.2, 0.25) is 0 Å². The number of aliphatic carboxylic acids is 1. The fraction of sp³-hybridized carbons (Fsp3) is 0.217. The van der Waals surface area contributed by atoms with Gasteiger partial charge in [-0.25, -0.2) is 0 Å². The summed E-state index contributed by atoms with van der Waals surface area (Å²) in [6, 6.07) is 20.7. The van der Waals surface area contributed by atoms with Crippen molar-refractivity contribution in [2.24, 2.45) is 0 Å². The number of carbonyl (C=O) groups excluding carboxylic acids is 1. The molecule has 136 valence electrons. The molecule has 0 bridgehead atoms. The molecule has 3 aromatic rings. The Balaban J connectivity index is 1.95. The number of hydrogen-bond donors (Lipinski definition) is 1. The average Bonchev–Trinajstić information content (AvgIpc) is 2.95. The number of rotatable bonds is 7. The van der Waals surface area contributed by atoms with E-state index in [9.17, 15) is 14.7 Å². The highest BCUT2D eigenvalue weighted by molar-refractivity contribution is 5.93. The van der Waals surface area contributed by atoms with E-state index < -0.39 is 11.4 Å². The Morgan fingerprint density at radius 2 is 1.63 bits per heavy atom. The molecular formula is C23H20O4. The second-order valence-corrected chi connectivity index (χ2v) is 6.98.